The number of anilines is 1. The van der Waals surface area contributed by atoms with Crippen LogP contribution in [0.25, 0.3) is 0 Å². The second-order valence-electron chi connectivity index (χ2n) is 4.24. The van der Waals surface area contributed by atoms with Gasteiger partial charge in [0, 0.05) is 6.54 Å². The number of rotatable bonds is 5. The summed E-state index contributed by atoms with van der Waals surface area (Å²) in [5.41, 5.74) is 1.27. The number of hydrogen-bond acceptors (Lipinski definition) is 4. The average molecular weight is 278 g/mol. The molecule has 1 atom stereocenters. The van der Waals surface area contributed by atoms with Gasteiger partial charge in [-0.25, -0.2) is 9.97 Å². The second-order valence-corrected chi connectivity index (χ2v) is 4.60. The molecule has 0 bridgehead atoms. The summed E-state index contributed by atoms with van der Waals surface area (Å²) in [5.74, 6) is 1.45. The van der Waals surface area contributed by atoms with Gasteiger partial charge >= 0.3 is 0 Å². The maximum atomic E-state index is 5.95. The van der Waals surface area contributed by atoms with E-state index in [9.17, 15) is 0 Å². The zero-order valence-corrected chi connectivity index (χ0v) is 11.7. The third kappa shape index (κ3) is 3.35. The molecule has 0 aliphatic carbocycles. The van der Waals surface area contributed by atoms with Crippen molar-refractivity contribution in [1.29, 1.82) is 0 Å². The highest BCUT2D eigenvalue weighted by Gasteiger charge is 2.11. The molecule has 0 aliphatic heterocycles. The van der Waals surface area contributed by atoms with E-state index in [0.717, 1.165) is 6.54 Å². The van der Waals surface area contributed by atoms with Gasteiger partial charge in [-0.1, -0.05) is 48.9 Å². The fraction of sp³-hybridized carbons (Fsp3) is 0.286. The Labute approximate surface area is 117 Å². The molecule has 1 unspecified atom stereocenters. The number of ether oxygens (including phenoxy) is 1. The van der Waals surface area contributed by atoms with Crippen LogP contribution in [-0.4, -0.2) is 23.6 Å². The first-order valence-corrected chi connectivity index (χ1v) is 6.43. The van der Waals surface area contributed by atoms with Crippen LogP contribution < -0.4 is 10.1 Å². The lowest BCUT2D eigenvalue weighted by molar-refractivity contribution is 0.413. The molecule has 0 spiro atoms. The molecule has 0 fully saturated rings. The monoisotopic (exact) mass is 277 g/mol. The standard InChI is InChI=1S/C14H16ClN3O/c1-10(11-6-4-3-5-7-11)8-16-14-12(19-2)13(15)17-9-18-14/h3-7,9-10H,8H2,1-2H3,(H,16,17,18). The van der Waals surface area contributed by atoms with E-state index in [1.807, 2.05) is 18.2 Å². The summed E-state index contributed by atoms with van der Waals surface area (Å²) in [4.78, 5) is 8.03. The lowest BCUT2D eigenvalue weighted by Crippen LogP contribution is -2.12. The molecule has 2 rings (SSSR count). The minimum Gasteiger partial charge on any atom is -0.490 e. The predicted octanol–water partition coefficient (Wildman–Crippen LogP) is 3.35. The Kier molecular flexibility index (Phi) is 4.58. The molecule has 0 amide bonds. The molecule has 0 radical (unpaired) electrons. The van der Waals surface area contributed by atoms with Crippen molar-refractivity contribution >= 4 is 17.4 Å². The van der Waals surface area contributed by atoms with E-state index in [4.69, 9.17) is 16.3 Å². The Bertz CT molecular complexity index is 533. The van der Waals surface area contributed by atoms with Crippen LogP contribution in [0.3, 0.4) is 0 Å². The molecule has 1 N–H and O–H groups in total. The summed E-state index contributed by atoms with van der Waals surface area (Å²) in [7, 11) is 1.55. The van der Waals surface area contributed by atoms with Crippen molar-refractivity contribution in [3.05, 3.63) is 47.4 Å². The van der Waals surface area contributed by atoms with Gasteiger partial charge in [-0.2, -0.15) is 0 Å². The predicted molar refractivity (Wildman–Crippen MR) is 76.9 cm³/mol. The van der Waals surface area contributed by atoms with Crippen molar-refractivity contribution in [2.75, 3.05) is 19.0 Å². The molecule has 1 heterocycles. The van der Waals surface area contributed by atoms with Crippen molar-refractivity contribution in [2.24, 2.45) is 0 Å². The maximum absolute atomic E-state index is 5.95. The van der Waals surface area contributed by atoms with Gasteiger partial charge in [-0.3, -0.25) is 0 Å². The van der Waals surface area contributed by atoms with Gasteiger partial charge in [0.1, 0.15) is 6.33 Å². The molecule has 0 aliphatic rings. The number of benzene rings is 1. The molecule has 1 aromatic carbocycles. The zero-order chi connectivity index (χ0) is 13.7. The highest BCUT2D eigenvalue weighted by atomic mass is 35.5. The molecular formula is C14H16ClN3O. The van der Waals surface area contributed by atoms with E-state index in [0.29, 0.717) is 22.6 Å². The van der Waals surface area contributed by atoms with Gasteiger partial charge in [-0.05, 0) is 11.5 Å². The van der Waals surface area contributed by atoms with Crippen LogP contribution in [0.4, 0.5) is 5.82 Å². The van der Waals surface area contributed by atoms with Crippen molar-refractivity contribution in [3.63, 3.8) is 0 Å². The van der Waals surface area contributed by atoms with Gasteiger partial charge < -0.3 is 10.1 Å². The fourth-order valence-corrected chi connectivity index (χ4v) is 2.02. The molecule has 100 valence electrons. The Morgan fingerprint density at radius 3 is 2.68 bits per heavy atom. The van der Waals surface area contributed by atoms with Crippen LogP contribution in [0.5, 0.6) is 5.75 Å². The van der Waals surface area contributed by atoms with Gasteiger partial charge in [0.15, 0.2) is 16.7 Å². The van der Waals surface area contributed by atoms with Gasteiger partial charge in [0.25, 0.3) is 0 Å². The second kappa shape index (κ2) is 6.38. The van der Waals surface area contributed by atoms with E-state index in [1.165, 1.54) is 11.9 Å². The number of nitrogens with one attached hydrogen (secondary N) is 1. The summed E-state index contributed by atoms with van der Waals surface area (Å²) in [6.45, 7) is 2.89. The summed E-state index contributed by atoms with van der Waals surface area (Å²) >= 11 is 5.95. The highest BCUT2D eigenvalue weighted by Crippen LogP contribution is 2.28. The van der Waals surface area contributed by atoms with E-state index >= 15 is 0 Å². The van der Waals surface area contributed by atoms with Crippen molar-refractivity contribution in [2.45, 2.75) is 12.8 Å². The first-order chi connectivity index (χ1) is 9.22. The molecule has 19 heavy (non-hydrogen) atoms. The molecule has 0 saturated carbocycles. The molecule has 2 aromatic rings. The van der Waals surface area contributed by atoms with Crippen LogP contribution in [0, 0.1) is 0 Å². The van der Waals surface area contributed by atoms with Gasteiger partial charge in [0.05, 0.1) is 7.11 Å². The number of halogens is 1. The molecule has 4 nitrogen and oxygen atoms in total. The van der Waals surface area contributed by atoms with Gasteiger partial charge in [0.2, 0.25) is 0 Å². The Morgan fingerprint density at radius 2 is 2.00 bits per heavy atom. The molecular weight excluding hydrogens is 262 g/mol. The molecule has 1 aromatic heterocycles. The highest BCUT2D eigenvalue weighted by molar-refractivity contribution is 6.31. The minimum absolute atomic E-state index is 0.312. The van der Waals surface area contributed by atoms with E-state index in [-0.39, 0.29) is 0 Å². The first-order valence-electron chi connectivity index (χ1n) is 6.05. The Morgan fingerprint density at radius 1 is 1.26 bits per heavy atom. The number of nitrogens with zero attached hydrogens (tertiary/aromatic N) is 2. The van der Waals surface area contributed by atoms with Crippen LogP contribution >= 0.6 is 11.6 Å². The lowest BCUT2D eigenvalue weighted by Gasteiger charge is -2.15. The Hall–Kier alpha value is -1.81. The topological polar surface area (TPSA) is 47.0 Å². The third-order valence-corrected chi connectivity index (χ3v) is 3.18. The maximum Gasteiger partial charge on any atom is 0.198 e. The largest absolute Gasteiger partial charge is 0.490 e. The normalized spacial score (nSPS) is 11.9. The van der Waals surface area contributed by atoms with Crippen LogP contribution in [0.1, 0.15) is 18.4 Å². The lowest BCUT2D eigenvalue weighted by atomic mass is 10.0. The van der Waals surface area contributed by atoms with Crippen molar-refractivity contribution in [1.82, 2.24) is 9.97 Å². The van der Waals surface area contributed by atoms with E-state index in [2.05, 4.69) is 34.3 Å². The molecule has 0 saturated heterocycles. The van der Waals surface area contributed by atoms with Crippen LogP contribution in [0.2, 0.25) is 5.15 Å². The summed E-state index contributed by atoms with van der Waals surface area (Å²) in [5, 5.41) is 3.56. The van der Waals surface area contributed by atoms with Crippen LogP contribution in [-0.2, 0) is 0 Å². The van der Waals surface area contributed by atoms with Crippen molar-refractivity contribution in [3.8, 4) is 5.75 Å². The third-order valence-electron chi connectivity index (χ3n) is 2.91. The summed E-state index contributed by atoms with van der Waals surface area (Å²) < 4.78 is 5.19. The summed E-state index contributed by atoms with van der Waals surface area (Å²) in [6.07, 6.45) is 1.42. The van der Waals surface area contributed by atoms with Crippen LogP contribution in [0.15, 0.2) is 36.7 Å². The number of methoxy groups -OCH3 is 1. The summed E-state index contributed by atoms with van der Waals surface area (Å²) in [6, 6.07) is 10.3. The smallest absolute Gasteiger partial charge is 0.198 e. The number of hydrogen-bond donors (Lipinski definition) is 1. The SMILES string of the molecule is COc1c(Cl)ncnc1NCC(C)c1ccccc1. The molecule has 5 heteroatoms. The Balaban J connectivity index is 2.05. The average Bonchev–Trinajstić information content (AvgIpc) is 2.45. The van der Waals surface area contributed by atoms with Crippen molar-refractivity contribution < 1.29 is 4.74 Å². The minimum atomic E-state index is 0.312. The first kappa shape index (κ1) is 13.6. The number of aromatic nitrogens is 2. The van der Waals surface area contributed by atoms with E-state index in [1.54, 1.807) is 7.11 Å². The fourth-order valence-electron chi connectivity index (χ4n) is 1.81. The quantitative estimate of drug-likeness (QED) is 0.852. The zero-order valence-electron chi connectivity index (χ0n) is 10.9. The van der Waals surface area contributed by atoms with Gasteiger partial charge in [-0.15, -0.1) is 0 Å². The van der Waals surface area contributed by atoms with E-state index < -0.39 is 0 Å².